The first-order valence-corrected chi connectivity index (χ1v) is 5.26. The maximum atomic E-state index is 12.9. The lowest BCUT2D eigenvalue weighted by Gasteiger charge is -2.00. The molecule has 5 nitrogen and oxygen atoms in total. The molecule has 0 aliphatic rings. The van der Waals surface area contributed by atoms with Crippen LogP contribution in [0.4, 0.5) is 10.2 Å². The molecule has 1 aromatic carbocycles. The SMILES string of the molecule is Nc1cc(-c2cn[nH]c2-c2ccc(F)cc2)on1. The van der Waals surface area contributed by atoms with Crippen LogP contribution in [0.25, 0.3) is 22.6 Å². The van der Waals surface area contributed by atoms with Crippen molar-refractivity contribution in [2.75, 3.05) is 5.73 Å². The maximum Gasteiger partial charge on any atom is 0.172 e. The zero-order valence-electron chi connectivity index (χ0n) is 9.22. The van der Waals surface area contributed by atoms with E-state index in [2.05, 4.69) is 15.4 Å². The second-order valence-corrected chi connectivity index (χ2v) is 3.78. The fourth-order valence-electron chi connectivity index (χ4n) is 1.73. The Morgan fingerprint density at radius 1 is 1.22 bits per heavy atom. The number of aromatic nitrogens is 3. The molecule has 0 aliphatic heterocycles. The molecule has 0 saturated heterocycles. The molecular formula is C12H9FN4O. The van der Waals surface area contributed by atoms with Gasteiger partial charge in [-0.1, -0.05) is 5.16 Å². The fourth-order valence-corrected chi connectivity index (χ4v) is 1.73. The van der Waals surface area contributed by atoms with E-state index in [9.17, 15) is 4.39 Å². The van der Waals surface area contributed by atoms with Crippen molar-refractivity contribution in [3.8, 4) is 22.6 Å². The molecule has 0 bridgehead atoms. The Labute approximate surface area is 101 Å². The van der Waals surface area contributed by atoms with Crippen molar-refractivity contribution in [1.82, 2.24) is 15.4 Å². The van der Waals surface area contributed by atoms with Gasteiger partial charge in [0.2, 0.25) is 0 Å². The van der Waals surface area contributed by atoms with E-state index in [-0.39, 0.29) is 5.82 Å². The van der Waals surface area contributed by atoms with Crippen LogP contribution in [0, 0.1) is 5.82 Å². The summed E-state index contributed by atoms with van der Waals surface area (Å²) in [6, 6.07) is 7.69. The van der Waals surface area contributed by atoms with Crippen molar-refractivity contribution in [3.63, 3.8) is 0 Å². The average molecular weight is 244 g/mol. The van der Waals surface area contributed by atoms with Crippen LogP contribution in [0.2, 0.25) is 0 Å². The van der Waals surface area contributed by atoms with Gasteiger partial charge in [-0.15, -0.1) is 0 Å². The Morgan fingerprint density at radius 3 is 2.67 bits per heavy atom. The maximum absolute atomic E-state index is 12.9. The molecule has 2 aromatic heterocycles. The number of H-pyrrole nitrogens is 1. The minimum Gasteiger partial charge on any atom is -0.381 e. The minimum atomic E-state index is -0.288. The molecule has 0 aliphatic carbocycles. The van der Waals surface area contributed by atoms with Gasteiger partial charge in [0, 0.05) is 11.6 Å². The van der Waals surface area contributed by atoms with Gasteiger partial charge in [0.25, 0.3) is 0 Å². The third-order valence-electron chi connectivity index (χ3n) is 2.57. The smallest absolute Gasteiger partial charge is 0.172 e. The lowest BCUT2D eigenvalue weighted by molar-refractivity contribution is 0.436. The Morgan fingerprint density at radius 2 is 2.00 bits per heavy atom. The second-order valence-electron chi connectivity index (χ2n) is 3.78. The number of aromatic amines is 1. The molecule has 2 heterocycles. The van der Waals surface area contributed by atoms with Crippen molar-refractivity contribution in [3.05, 3.63) is 42.3 Å². The summed E-state index contributed by atoms with van der Waals surface area (Å²) in [6.45, 7) is 0. The van der Waals surface area contributed by atoms with Crippen molar-refractivity contribution < 1.29 is 8.91 Å². The van der Waals surface area contributed by atoms with Crippen molar-refractivity contribution >= 4 is 5.82 Å². The molecule has 0 spiro atoms. The number of nitrogens with two attached hydrogens (primary N) is 1. The van der Waals surface area contributed by atoms with Crippen molar-refractivity contribution in [2.24, 2.45) is 0 Å². The number of hydrogen-bond donors (Lipinski definition) is 2. The molecule has 0 radical (unpaired) electrons. The third kappa shape index (κ3) is 1.73. The van der Waals surface area contributed by atoms with Crippen LogP contribution >= 0.6 is 0 Å². The van der Waals surface area contributed by atoms with Crippen LogP contribution in [0.3, 0.4) is 0 Å². The monoisotopic (exact) mass is 244 g/mol. The van der Waals surface area contributed by atoms with Gasteiger partial charge in [0.15, 0.2) is 11.6 Å². The molecule has 0 amide bonds. The van der Waals surface area contributed by atoms with Crippen molar-refractivity contribution in [1.29, 1.82) is 0 Å². The highest BCUT2D eigenvalue weighted by molar-refractivity contribution is 5.78. The van der Waals surface area contributed by atoms with Gasteiger partial charge in [-0.3, -0.25) is 5.10 Å². The molecule has 0 atom stereocenters. The summed E-state index contributed by atoms with van der Waals surface area (Å²) in [5, 5.41) is 10.4. The quantitative estimate of drug-likeness (QED) is 0.725. The lowest BCUT2D eigenvalue weighted by atomic mass is 10.1. The number of halogens is 1. The third-order valence-corrected chi connectivity index (χ3v) is 2.57. The van der Waals surface area contributed by atoms with Crippen molar-refractivity contribution in [2.45, 2.75) is 0 Å². The number of rotatable bonds is 2. The topological polar surface area (TPSA) is 80.7 Å². The molecule has 3 aromatic rings. The summed E-state index contributed by atoms with van der Waals surface area (Å²) >= 11 is 0. The van der Waals surface area contributed by atoms with Crippen LogP contribution in [0.15, 0.2) is 41.1 Å². The van der Waals surface area contributed by atoms with E-state index < -0.39 is 0 Å². The van der Waals surface area contributed by atoms with Gasteiger partial charge in [-0.05, 0) is 24.3 Å². The van der Waals surface area contributed by atoms with Gasteiger partial charge in [0.1, 0.15) is 5.82 Å². The summed E-state index contributed by atoms with van der Waals surface area (Å²) in [6.07, 6.45) is 1.61. The largest absolute Gasteiger partial charge is 0.381 e. The highest BCUT2D eigenvalue weighted by atomic mass is 19.1. The van der Waals surface area contributed by atoms with E-state index in [0.29, 0.717) is 11.6 Å². The molecule has 90 valence electrons. The first-order valence-electron chi connectivity index (χ1n) is 5.26. The van der Waals surface area contributed by atoms with Gasteiger partial charge >= 0.3 is 0 Å². The van der Waals surface area contributed by atoms with Gasteiger partial charge < -0.3 is 10.3 Å². The predicted molar refractivity (Wildman–Crippen MR) is 63.9 cm³/mol. The van der Waals surface area contributed by atoms with Crippen LogP contribution in [0.5, 0.6) is 0 Å². The first kappa shape index (κ1) is 10.5. The number of hydrogen-bond acceptors (Lipinski definition) is 4. The van der Waals surface area contributed by atoms with E-state index in [1.165, 1.54) is 12.1 Å². The van der Waals surface area contributed by atoms with Gasteiger partial charge in [0.05, 0.1) is 17.5 Å². The summed E-state index contributed by atoms with van der Waals surface area (Å²) in [7, 11) is 0. The zero-order chi connectivity index (χ0) is 12.5. The lowest BCUT2D eigenvalue weighted by Crippen LogP contribution is -1.82. The first-order chi connectivity index (χ1) is 8.74. The Balaban J connectivity index is 2.09. The molecule has 0 unspecified atom stereocenters. The highest BCUT2D eigenvalue weighted by Gasteiger charge is 2.13. The molecule has 3 N–H and O–H groups in total. The molecule has 18 heavy (non-hydrogen) atoms. The number of benzene rings is 1. The minimum absolute atomic E-state index is 0.288. The zero-order valence-corrected chi connectivity index (χ0v) is 9.22. The Kier molecular flexibility index (Phi) is 2.33. The standard InChI is InChI=1S/C12H9FN4O/c13-8-3-1-7(2-4-8)12-9(6-15-16-12)10-5-11(14)17-18-10/h1-6H,(H2,14,17)(H,15,16). The average Bonchev–Trinajstić information content (AvgIpc) is 2.98. The van der Waals surface area contributed by atoms with Crippen LogP contribution in [-0.2, 0) is 0 Å². The summed E-state index contributed by atoms with van der Waals surface area (Å²) in [5.41, 5.74) is 7.77. The van der Waals surface area contributed by atoms with Gasteiger partial charge in [-0.2, -0.15) is 5.10 Å². The Bertz CT molecular complexity index is 671. The summed E-state index contributed by atoms with van der Waals surface area (Å²) < 4.78 is 18.0. The number of nitrogens with one attached hydrogen (secondary N) is 1. The Hall–Kier alpha value is -2.63. The van der Waals surface area contributed by atoms with Gasteiger partial charge in [-0.25, -0.2) is 4.39 Å². The van der Waals surface area contributed by atoms with E-state index >= 15 is 0 Å². The molecule has 6 heteroatoms. The number of nitrogen functional groups attached to an aromatic ring is 1. The highest BCUT2D eigenvalue weighted by Crippen LogP contribution is 2.30. The summed E-state index contributed by atoms with van der Waals surface area (Å²) in [5.74, 6) is 0.528. The van der Waals surface area contributed by atoms with E-state index in [4.69, 9.17) is 10.3 Å². The van der Waals surface area contributed by atoms with E-state index in [0.717, 1.165) is 16.8 Å². The van der Waals surface area contributed by atoms with Crippen LogP contribution in [0.1, 0.15) is 0 Å². The molecule has 0 fully saturated rings. The summed E-state index contributed by atoms with van der Waals surface area (Å²) in [4.78, 5) is 0. The normalized spacial score (nSPS) is 10.7. The second kappa shape index (κ2) is 3.99. The van der Waals surface area contributed by atoms with Crippen LogP contribution in [-0.4, -0.2) is 15.4 Å². The molecular weight excluding hydrogens is 235 g/mol. The predicted octanol–water partition coefficient (Wildman–Crippen LogP) is 2.45. The number of nitrogens with zero attached hydrogens (tertiary/aromatic N) is 2. The fraction of sp³-hybridized carbons (Fsp3) is 0. The number of anilines is 1. The molecule has 0 saturated carbocycles. The van der Waals surface area contributed by atoms with E-state index in [1.807, 2.05) is 0 Å². The molecule has 3 rings (SSSR count). The van der Waals surface area contributed by atoms with E-state index in [1.54, 1.807) is 24.4 Å². The van der Waals surface area contributed by atoms with Crippen LogP contribution < -0.4 is 5.73 Å².